The van der Waals surface area contributed by atoms with E-state index in [0.717, 1.165) is 12.8 Å². The normalized spacial score (nSPS) is 17.5. The molecule has 2 aliphatic rings. The molecule has 0 atom stereocenters. The van der Waals surface area contributed by atoms with Gasteiger partial charge in [0.15, 0.2) is 0 Å². The van der Waals surface area contributed by atoms with E-state index in [1.165, 1.54) is 16.7 Å². The third kappa shape index (κ3) is 6.25. The van der Waals surface area contributed by atoms with Crippen molar-refractivity contribution < 1.29 is 19.1 Å². The molecule has 0 bridgehead atoms. The smallest absolute Gasteiger partial charge is 0.309 e. The highest BCUT2D eigenvalue weighted by Gasteiger charge is 2.34. The molecule has 37 heavy (non-hydrogen) atoms. The first-order chi connectivity index (χ1) is 17.8. The van der Waals surface area contributed by atoms with Crippen LogP contribution < -0.4 is 10.5 Å². The summed E-state index contributed by atoms with van der Waals surface area (Å²) in [6, 6.07) is 2.08. The molecular weight excluding hydrogens is 512 g/mol. The summed E-state index contributed by atoms with van der Waals surface area (Å²) in [5, 5.41) is 9.85. The van der Waals surface area contributed by atoms with Gasteiger partial charge >= 0.3 is 5.97 Å². The predicted molar refractivity (Wildman–Crippen MR) is 148 cm³/mol. The predicted octanol–water partition coefficient (Wildman–Crippen LogP) is 3.46. The number of carbonyl (C=O) groups excluding carboxylic acids is 2. The number of esters is 1. The number of thioether (sulfide) groups is 1. The Morgan fingerprint density at radius 3 is 2.54 bits per heavy atom. The molecule has 3 heterocycles. The van der Waals surface area contributed by atoms with Crippen LogP contribution in [-0.2, 0) is 25.6 Å². The largest absolute Gasteiger partial charge is 0.466 e. The monoisotopic (exact) mass is 546 g/mol. The number of aromatic nitrogens is 1. The highest BCUT2D eigenvalue weighted by atomic mass is 32.2. The van der Waals surface area contributed by atoms with Gasteiger partial charge in [0, 0.05) is 32.3 Å². The zero-order valence-corrected chi connectivity index (χ0v) is 23.5. The van der Waals surface area contributed by atoms with Crippen molar-refractivity contribution in [2.24, 2.45) is 5.92 Å². The van der Waals surface area contributed by atoms with Crippen LogP contribution in [0.15, 0.2) is 9.70 Å². The Morgan fingerprint density at radius 2 is 1.95 bits per heavy atom. The molecule has 1 aromatic heterocycles. The number of hydrogen-bond acceptors (Lipinski definition) is 9. The van der Waals surface area contributed by atoms with Crippen molar-refractivity contribution in [3.8, 4) is 6.07 Å². The summed E-state index contributed by atoms with van der Waals surface area (Å²) in [6.07, 6.45) is 4.59. The van der Waals surface area contributed by atoms with Crippen molar-refractivity contribution in [3.63, 3.8) is 0 Å². The fraction of sp³-hybridized carbons (Fsp3) is 0.577. The Bertz CT molecular complexity index is 1180. The lowest BCUT2D eigenvalue weighted by Gasteiger charge is -2.35. The van der Waals surface area contributed by atoms with E-state index in [4.69, 9.17) is 21.7 Å². The summed E-state index contributed by atoms with van der Waals surface area (Å²) in [5.74, 6) is 0.0797. The molecule has 3 rings (SSSR count). The summed E-state index contributed by atoms with van der Waals surface area (Å²) in [5.41, 5.74) is 0.933. The molecule has 0 aromatic carbocycles. The van der Waals surface area contributed by atoms with Crippen LogP contribution in [0.1, 0.15) is 56.2 Å². The number of unbranched alkanes of at least 4 members (excludes halogenated alkanes) is 1. The molecule has 1 amide bonds. The van der Waals surface area contributed by atoms with Crippen LogP contribution in [0.4, 0.5) is 5.82 Å². The number of piperidine rings is 1. The number of amides is 1. The van der Waals surface area contributed by atoms with Gasteiger partial charge in [-0.3, -0.25) is 23.9 Å². The van der Waals surface area contributed by atoms with Gasteiger partial charge in [-0.1, -0.05) is 37.3 Å². The molecule has 1 aromatic rings. The molecule has 11 heteroatoms. The first-order valence-electron chi connectivity index (χ1n) is 12.6. The van der Waals surface area contributed by atoms with Crippen LogP contribution in [-0.4, -0.2) is 65.6 Å². The minimum Gasteiger partial charge on any atom is -0.466 e. The number of ether oxygens (including phenoxy) is 2. The average Bonchev–Trinajstić information content (AvgIpc) is 3.15. The summed E-state index contributed by atoms with van der Waals surface area (Å²) < 4.78 is 12.4. The summed E-state index contributed by atoms with van der Waals surface area (Å²) in [6.45, 7) is 8.20. The zero-order valence-electron chi connectivity index (χ0n) is 21.9. The van der Waals surface area contributed by atoms with Crippen molar-refractivity contribution in [3.05, 3.63) is 31.9 Å². The Balaban J connectivity index is 2.11. The first kappa shape index (κ1) is 28.9. The highest BCUT2D eigenvalue weighted by Crippen LogP contribution is 2.36. The first-order valence-corrected chi connectivity index (χ1v) is 13.8. The molecule has 2 fully saturated rings. The standard InChI is InChI=1S/C26H34N4O5S2/c1-5-7-10-29-22(28-11-8-18(9-12-28)25(33)35-6-2)19(17(3)20(16-27)23(29)31)15-21-24(32)30(13-14-34-4)26(36)37-21/h15,18H,5-14H2,1-4H3/b21-15+. The van der Waals surface area contributed by atoms with Gasteiger partial charge in [-0.15, -0.1) is 0 Å². The zero-order chi connectivity index (χ0) is 27.1. The van der Waals surface area contributed by atoms with E-state index < -0.39 is 0 Å². The van der Waals surface area contributed by atoms with E-state index in [0.29, 0.717) is 78.4 Å². The van der Waals surface area contributed by atoms with Crippen LogP contribution in [0.5, 0.6) is 0 Å². The molecule has 0 spiro atoms. The topological polar surface area (TPSA) is 105 Å². The highest BCUT2D eigenvalue weighted by molar-refractivity contribution is 8.26. The Morgan fingerprint density at radius 1 is 1.24 bits per heavy atom. The van der Waals surface area contributed by atoms with Crippen LogP contribution in [0.3, 0.4) is 0 Å². The number of thiocarbonyl (C=S) groups is 1. The molecule has 0 N–H and O–H groups in total. The number of hydrogen-bond donors (Lipinski definition) is 0. The lowest BCUT2D eigenvalue weighted by Crippen LogP contribution is -2.41. The number of nitrogens with zero attached hydrogens (tertiary/aromatic N) is 4. The summed E-state index contributed by atoms with van der Waals surface area (Å²) >= 11 is 6.64. The number of carbonyl (C=O) groups is 2. The maximum absolute atomic E-state index is 13.4. The van der Waals surface area contributed by atoms with E-state index in [1.807, 2.05) is 6.92 Å². The van der Waals surface area contributed by atoms with E-state index in [1.54, 1.807) is 31.6 Å². The third-order valence-corrected chi connectivity index (χ3v) is 8.04. The molecule has 0 radical (unpaired) electrons. The third-order valence-electron chi connectivity index (χ3n) is 6.66. The van der Waals surface area contributed by atoms with Gasteiger partial charge in [-0.2, -0.15) is 5.26 Å². The summed E-state index contributed by atoms with van der Waals surface area (Å²) in [7, 11) is 1.57. The maximum atomic E-state index is 13.4. The number of rotatable bonds is 10. The van der Waals surface area contributed by atoms with E-state index >= 15 is 0 Å². The van der Waals surface area contributed by atoms with Crippen molar-refractivity contribution in [2.75, 3.05) is 44.9 Å². The second kappa shape index (κ2) is 13.2. The van der Waals surface area contributed by atoms with Crippen molar-refractivity contribution >= 4 is 52.1 Å². The molecule has 200 valence electrons. The van der Waals surface area contributed by atoms with E-state index in [-0.39, 0.29) is 28.9 Å². The fourth-order valence-electron chi connectivity index (χ4n) is 4.60. The minimum atomic E-state index is -0.333. The SMILES string of the molecule is CCCCn1c(N2CCC(C(=O)OCC)CC2)c(/C=C2/SC(=S)N(CCOC)C2=O)c(C)c(C#N)c1=O. The minimum absolute atomic E-state index is 0.0716. The Kier molecular flexibility index (Phi) is 10.3. The Hall–Kier alpha value is -2.68. The maximum Gasteiger partial charge on any atom is 0.309 e. The average molecular weight is 547 g/mol. The number of methoxy groups -OCH3 is 1. The second-order valence-corrected chi connectivity index (χ2v) is 10.7. The number of pyridine rings is 1. The fourth-order valence-corrected chi connectivity index (χ4v) is 5.89. The molecule has 0 aliphatic carbocycles. The lowest BCUT2D eigenvalue weighted by atomic mass is 9.95. The molecule has 2 saturated heterocycles. The summed E-state index contributed by atoms with van der Waals surface area (Å²) in [4.78, 5) is 43.0. The molecular formula is C26H34N4O5S2. The van der Waals surface area contributed by atoms with Gasteiger partial charge in [0.05, 0.1) is 30.6 Å². The van der Waals surface area contributed by atoms with Gasteiger partial charge in [-0.25, -0.2) is 0 Å². The molecule has 2 aliphatic heterocycles. The van der Waals surface area contributed by atoms with Crippen molar-refractivity contribution in [2.45, 2.75) is 53.0 Å². The van der Waals surface area contributed by atoms with E-state index in [9.17, 15) is 19.6 Å². The van der Waals surface area contributed by atoms with Crippen LogP contribution >= 0.6 is 24.0 Å². The lowest BCUT2D eigenvalue weighted by molar-refractivity contribution is -0.148. The molecule has 0 saturated carbocycles. The molecule has 0 unspecified atom stereocenters. The van der Waals surface area contributed by atoms with Crippen LogP contribution in [0.25, 0.3) is 6.08 Å². The van der Waals surface area contributed by atoms with Crippen molar-refractivity contribution in [1.82, 2.24) is 9.47 Å². The van der Waals surface area contributed by atoms with Gasteiger partial charge in [-0.05, 0) is 44.7 Å². The van der Waals surface area contributed by atoms with Crippen LogP contribution in [0.2, 0.25) is 0 Å². The van der Waals surface area contributed by atoms with Gasteiger partial charge in [0.25, 0.3) is 11.5 Å². The quantitative estimate of drug-likeness (QED) is 0.248. The van der Waals surface area contributed by atoms with Gasteiger partial charge in [0.2, 0.25) is 0 Å². The van der Waals surface area contributed by atoms with Crippen LogP contribution in [0, 0.1) is 24.2 Å². The Labute approximate surface area is 227 Å². The van der Waals surface area contributed by atoms with Gasteiger partial charge in [0.1, 0.15) is 21.8 Å². The number of anilines is 1. The van der Waals surface area contributed by atoms with Gasteiger partial charge < -0.3 is 14.4 Å². The molecule has 9 nitrogen and oxygen atoms in total. The second-order valence-electron chi connectivity index (χ2n) is 9.00. The number of nitriles is 1. The van der Waals surface area contributed by atoms with Crippen molar-refractivity contribution in [1.29, 1.82) is 5.26 Å². The van der Waals surface area contributed by atoms with E-state index in [2.05, 4.69) is 11.0 Å².